The van der Waals surface area contributed by atoms with Crippen LogP contribution in [0.2, 0.25) is 0 Å². The molecule has 3 nitrogen and oxygen atoms in total. The lowest BCUT2D eigenvalue weighted by Crippen LogP contribution is -2.41. The molecular formula is C14H21ClN2O. The van der Waals surface area contributed by atoms with Gasteiger partial charge in [0.1, 0.15) is 5.69 Å². The average molecular weight is 269 g/mol. The minimum absolute atomic E-state index is 0.0203. The lowest BCUT2D eigenvalue weighted by Gasteiger charge is -2.29. The smallest absolute Gasteiger partial charge is 0.272 e. The summed E-state index contributed by atoms with van der Waals surface area (Å²) in [6.45, 7) is 6.64. The first-order chi connectivity index (χ1) is 8.63. The molecule has 0 saturated carbocycles. The number of rotatable bonds is 6. The fraction of sp³-hybridized carbons (Fsp3) is 0.571. The topological polar surface area (TPSA) is 33.2 Å². The first-order valence-electron chi connectivity index (χ1n) is 6.44. The molecule has 0 fully saturated rings. The molecule has 4 heteroatoms. The van der Waals surface area contributed by atoms with E-state index in [1.54, 1.807) is 6.07 Å². The van der Waals surface area contributed by atoms with E-state index < -0.39 is 0 Å². The largest absolute Gasteiger partial charge is 0.333 e. The molecule has 100 valence electrons. The van der Waals surface area contributed by atoms with Crippen molar-refractivity contribution in [2.24, 2.45) is 0 Å². The molecule has 0 radical (unpaired) electrons. The number of nitrogens with zero attached hydrogens (tertiary/aromatic N) is 2. The van der Waals surface area contributed by atoms with Crippen molar-refractivity contribution in [3.05, 3.63) is 29.6 Å². The molecule has 1 aromatic heterocycles. The summed E-state index contributed by atoms with van der Waals surface area (Å²) in [5, 5.41) is 0. The Morgan fingerprint density at radius 3 is 2.56 bits per heavy atom. The van der Waals surface area contributed by atoms with Crippen LogP contribution in [-0.4, -0.2) is 34.3 Å². The standard InChI is InChI=1S/C14H21ClN2O/c1-4-12(5-2)17(10-9-15)14(18)13-8-6-7-11(3)16-13/h6-8,12H,4-5,9-10H2,1-3H3. The highest BCUT2D eigenvalue weighted by Crippen LogP contribution is 2.13. The molecule has 1 rings (SSSR count). The maximum Gasteiger partial charge on any atom is 0.272 e. The Labute approximate surface area is 114 Å². The molecule has 1 heterocycles. The van der Waals surface area contributed by atoms with Gasteiger partial charge in [0.15, 0.2) is 0 Å². The minimum atomic E-state index is -0.0203. The Morgan fingerprint density at radius 2 is 2.06 bits per heavy atom. The third-order valence-corrected chi connectivity index (χ3v) is 3.25. The number of amides is 1. The van der Waals surface area contributed by atoms with Gasteiger partial charge in [-0.3, -0.25) is 4.79 Å². The van der Waals surface area contributed by atoms with E-state index in [1.807, 2.05) is 24.0 Å². The van der Waals surface area contributed by atoms with Crippen molar-refractivity contribution in [3.8, 4) is 0 Å². The number of aromatic nitrogens is 1. The van der Waals surface area contributed by atoms with Gasteiger partial charge in [-0.05, 0) is 31.9 Å². The van der Waals surface area contributed by atoms with Crippen LogP contribution >= 0.6 is 11.6 Å². The summed E-state index contributed by atoms with van der Waals surface area (Å²) in [6.07, 6.45) is 1.87. The van der Waals surface area contributed by atoms with Gasteiger partial charge in [-0.1, -0.05) is 19.9 Å². The van der Waals surface area contributed by atoms with Crippen molar-refractivity contribution in [1.82, 2.24) is 9.88 Å². The minimum Gasteiger partial charge on any atom is -0.333 e. The predicted octanol–water partition coefficient (Wildman–Crippen LogP) is 3.26. The Balaban J connectivity index is 2.95. The number of carbonyl (C=O) groups is 1. The van der Waals surface area contributed by atoms with Crippen molar-refractivity contribution in [2.45, 2.75) is 39.7 Å². The zero-order valence-electron chi connectivity index (χ0n) is 11.3. The number of alkyl halides is 1. The van der Waals surface area contributed by atoms with Crippen LogP contribution in [0.25, 0.3) is 0 Å². The van der Waals surface area contributed by atoms with Gasteiger partial charge >= 0.3 is 0 Å². The number of carbonyl (C=O) groups excluding carboxylic acids is 1. The Hall–Kier alpha value is -1.09. The van der Waals surface area contributed by atoms with Crippen LogP contribution in [0.5, 0.6) is 0 Å². The Bertz CT molecular complexity index is 391. The van der Waals surface area contributed by atoms with E-state index in [0.717, 1.165) is 18.5 Å². The molecule has 0 N–H and O–H groups in total. The third kappa shape index (κ3) is 3.70. The molecule has 0 aliphatic carbocycles. The maximum absolute atomic E-state index is 12.5. The van der Waals surface area contributed by atoms with Gasteiger partial charge in [-0.25, -0.2) is 4.98 Å². The van der Waals surface area contributed by atoms with E-state index in [-0.39, 0.29) is 11.9 Å². The molecule has 1 amide bonds. The van der Waals surface area contributed by atoms with Crippen LogP contribution in [0.1, 0.15) is 42.9 Å². The fourth-order valence-electron chi connectivity index (χ4n) is 2.08. The molecule has 0 saturated heterocycles. The maximum atomic E-state index is 12.5. The van der Waals surface area contributed by atoms with Gasteiger partial charge in [0, 0.05) is 24.2 Å². The van der Waals surface area contributed by atoms with E-state index in [0.29, 0.717) is 18.1 Å². The van der Waals surface area contributed by atoms with E-state index in [9.17, 15) is 4.79 Å². The highest BCUT2D eigenvalue weighted by atomic mass is 35.5. The molecule has 0 unspecified atom stereocenters. The molecule has 0 aromatic carbocycles. The average Bonchev–Trinajstić information content (AvgIpc) is 2.38. The van der Waals surface area contributed by atoms with Gasteiger partial charge in [0.05, 0.1) is 0 Å². The quantitative estimate of drug-likeness (QED) is 0.742. The lowest BCUT2D eigenvalue weighted by atomic mass is 10.1. The summed E-state index contributed by atoms with van der Waals surface area (Å²) in [4.78, 5) is 18.6. The van der Waals surface area contributed by atoms with Crippen LogP contribution in [-0.2, 0) is 0 Å². The zero-order valence-corrected chi connectivity index (χ0v) is 12.1. The number of pyridine rings is 1. The SMILES string of the molecule is CCC(CC)N(CCCl)C(=O)c1cccc(C)n1. The highest BCUT2D eigenvalue weighted by molar-refractivity contribution is 6.18. The van der Waals surface area contributed by atoms with Crippen molar-refractivity contribution in [2.75, 3.05) is 12.4 Å². The van der Waals surface area contributed by atoms with Crippen LogP contribution in [0.3, 0.4) is 0 Å². The second-order valence-corrected chi connectivity index (χ2v) is 4.70. The molecule has 18 heavy (non-hydrogen) atoms. The van der Waals surface area contributed by atoms with E-state index in [1.165, 1.54) is 0 Å². The number of aryl methyl sites for hydroxylation is 1. The highest BCUT2D eigenvalue weighted by Gasteiger charge is 2.22. The fourth-order valence-corrected chi connectivity index (χ4v) is 2.26. The summed E-state index contributed by atoms with van der Waals surface area (Å²) in [7, 11) is 0. The van der Waals surface area contributed by atoms with Gasteiger partial charge in [-0.15, -0.1) is 11.6 Å². The van der Waals surface area contributed by atoms with Crippen LogP contribution in [0, 0.1) is 6.92 Å². The molecule has 0 aliphatic heterocycles. The number of halogens is 1. The molecular weight excluding hydrogens is 248 g/mol. The zero-order chi connectivity index (χ0) is 13.5. The lowest BCUT2D eigenvalue weighted by molar-refractivity contribution is 0.0675. The Kier molecular flexibility index (Phi) is 6.13. The molecule has 0 atom stereocenters. The van der Waals surface area contributed by atoms with E-state index in [2.05, 4.69) is 18.8 Å². The monoisotopic (exact) mass is 268 g/mol. The second kappa shape index (κ2) is 7.37. The van der Waals surface area contributed by atoms with Gasteiger partial charge in [0.25, 0.3) is 5.91 Å². The number of hydrogen-bond acceptors (Lipinski definition) is 2. The second-order valence-electron chi connectivity index (χ2n) is 4.32. The van der Waals surface area contributed by atoms with Gasteiger partial charge in [-0.2, -0.15) is 0 Å². The Morgan fingerprint density at radius 1 is 1.39 bits per heavy atom. The summed E-state index contributed by atoms with van der Waals surface area (Å²) in [6, 6.07) is 5.75. The summed E-state index contributed by atoms with van der Waals surface area (Å²) in [5.74, 6) is 0.432. The predicted molar refractivity (Wildman–Crippen MR) is 75.1 cm³/mol. The van der Waals surface area contributed by atoms with Crippen LogP contribution in [0.15, 0.2) is 18.2 Å². The molecule has 0 bridgehead atoms. The molecule has 0 spiro atoms. The summed E-state index contributed by atoms with van der Waals surface area (Å²) in [5.41, 5.74) is 1.36. The normalized spacial score (nSPS) is 10.7. The first kappa shape index (κ1) is 15.0. The molecule has 1 aromatic rings. The van der Waals surface area contributed by atoms with Gasteiger partial charge < -0.3 is 4.90 Å². The molecule has 0 aliphatic rings. The van der Waals surface area contributed by atoms with Crippen molar-refractivity contribution >= 4 is 17.5 Å². The third-order valence-electron chi connectivity index (χ3n) is 3.08. The van der Waals surface area contributed by atoms with Crippen LogP contribution in [0.4, 0.5) is 0 Å². The van der Waals surface area contributed by atoms with Crippen LogP contribution < -0.4 is 0 Å². The van der Waals surface area contributed by atoms with Crippen molar-refractivity contribution in [1.29, 1.82) is 0 Å². The first-order valence-corrected chi connectivity index (χ1v) is 6.98. The van der Waals surface area contributed by atoms with Gasteiger partial charge in [0.2, 0.25) is 0 Å². The van der Waals surface area contributed by atoms with Crippen molar-refractivity contribution in [3.63, 3.8) is 0 Å². The summed E-state index contributed by atoms with van der Waals surface area (Å²) >= 11 is 5.80. The number of hydrogen-bond donors (Lipinski definition) is 0. The van der Waals surface area contributed by atoms with E-state index >= 15 is 0 Å². The summed E-state index contributed by atoms with van der Waals surface area (Å²) < 4.78 is 0. The van der Waals surface area contributed by atoms with E-state index in [4.69, 9.17) is 11.6 Å². The van der Waals surface area contributed by atoms with Crippen molar-refractivity contribution < 1.29 is 4.79 Å².